The number of halogens is 2. The van der Waals surface area contributed by atoms with Crippen LogP contribution in [0.2, 0.25) is 0 Å². The van der Waals surface area contributed by atoms with Crippen molar-refractivity contribution < 1.29 is 9.18 Å². The van der Waals surface area contributed by atoms with Crippen LogP contribution < -0.4 is 5.32 Å². The lowest BCUT2D eigenvalue weighted by Gasteiger charge is -2.04. The molecule has 0 aliphatic rings. The molecular formula is C16H15BrFN5O. The number of hydrogen-bond donors (Lipinski definition) is 1. The Hall–Kier alpha value is -2.48. The number of carbonyl (C=O) groups excluding carboxylic acids is 1. The number of nitrogens with one attached hydrogen (secondary N) is 1. The third-order valence-corrected chi connectivity index (χ3v) is 4.49. The van der Waals surface area contributed by atoms with Gasteiger partial charge in [0.25, 0.3) is 5.91 Å². The summed E-state index contributed by atoms with van der Waals surface area (Å²) < 4.78 is 17.4. The first kappa shape index (κ1) is 16.4. The van der Waals surface area contributed by atoms with Gasteiger partial charge in [-0.05, 0) is 28.9 Å². The summed E-state index contributed by atoms with van der Waals surface area (Å²) in [5, 5.41) is 11.2. The highest BCUT2D eigenvalue weighted by atomic mass is 79.9. The molecule has 0 aliphatic heterocycles. The van der Waals surface area contributed by atoms with Crippen LogP contribution >= 0.6 is 15.9 Å². The maximum absolute atomic E-state index is 13.7. The number of nitrogens with zero attached hydrogens (tertiary/aromatic N) is 4. The maximum atomic E-state index is 13.7. The zero-order chi connectivity index (χ0) is 17.3. The van der Waals surface area contributed by atoms with Crippen LogP contribution in [0.15, 0.2) is 41.0 Å². The Morgan fingerprint density at radius 1 is 1.29 bits per heavy atom. The van der Waals surface area contributed by atoms with Gasteiger partial charge in [-0.25, -0.2) is 4.39 Å². The molecule has 0 atom stereocenters. The standard InChI is InChI=1S/C16H15BrFN5O/c1-10-14(17)15(22(2)20-10)16(24)19-13-7-8-23(21-13)9-11-5-3-4-6-12(11)18/h3-8H,9H2,1-2H3,(H,19,21,24). The summed E-state index contributed by atoms with van der Waals surface area (Å²) in [7, 11) is 1.70. The predicted molar refractivity (Wildman–Crippen MR) is 91.3 cm³/mol. The van der Waals surface area contributed by atoms with Gasteiger partial charge in [0, 0.05) is 24.9 Å². The molecule has 2 aromatic heterocycles. The van der Waals surface area contributed by atoms with E-state index in [0.717, 1.165) is 5.69 Å². The van der Waals surface area contributed by atoms with Gasteiger partial charge in [0.2, 0.25) is 0 Å². The van der Waals surface area contributed by atoms with E-state index in [1.54, 1.807) is 42.2 Å². The number of anilines is 1. The number of carbonyl (C=O) groups is 1. The minimum Gasteiger partial charge on any atom is -0.304 e. The number of amides is 1. The lowest BCUT2D eigenvalue weighted by atomic mass is 10.2. The highest BCUT2D eigenvalue weighted by Gasteiger charge is 2.19. The van der Waals surface area contributed by atoms with E-state index >= 15 is 0 Å². The largest absolute Gasteiger partial charge is 0.304 e. The molecule has 3 aromatic rings. The second kappa shape index (κ2) is 6.56. The normalized spacial score (nSPS) is 10.8. The lowest BCUT2D eigenvalue weighted by molar-refractivity contribution is 0.101. The van der Waals surface area contributed by atoms with Crippen molar-refractivity contribution in [2.75, 3.05) is 5.32 Å². The van der Waals surface area contributed by atoms with Crippen molar-refractivity contribution >= 4 is 27.7 Å². The molecule has 124 valence electrons. The summed E-state index contributed by atoms with van der Waals surface area (Å²) in [4.78, 5) is 12.4. The minimum absolute atomic E-state index is 0.284. The Kier molecular flexibility index (Phi) is 4.48. The summed E-state index contributed by atoms with van der Waals surface area (Å²) in [6.45, 7) is 2.10. The van der Waals surface area contributed by atoms with E-state index in [9.17, 15) is 9.18 Å². The second-order valence-corrected chi connectivity index (χ2v) is 6.11. The van der Waals surface area contributed by atoms with Gasteiger partial charge in [-0.3, -0.25) is 14.2 Å². The molecule has 0 bridgehead atoms. The first-order chi connectivity index (χ1) is 11.5. The highest BCUT2D eigenvalue weighted by Crippen LogP contribution is 2.21. The van der Waals surface area contributed by atoms with Crippen molar-refractivity contribution in [2.45, 2.75) is 13.5 Å². The average molecular weight is 392 g/mol. The first-order valence-corrected chi connectivity index (χ1v) is 8.02. The van der Waals surface area contributed by atoms with Crippen molar-refractivity contribution in [3.05, 3.63) is 63.8 Å². The fraction of sp³-hybridized carbons (Fsp3) is 0.188. The van der Waals surface area contributed by atoms with Gasteiger partial charge >= 0.3 is 0 Å². The summed E-state index contributed by atoms with van der Waals surface area (Å²) >= 11 is 3.36. The van der Waals surface area contributed by atoms with Gasteiger partial charge in [-0.15, -0.1) is 0 Å². The first-order valence-electron chi connectivity index (χ1n) is 7.23. The van der Waals surface area contributed by atoms with Crippen molar-refractivity contribution in [1.82, 2.24) is 19.6 Å². The van der Waals surface area contributed by atoms with E-state index < -0.39 is 0 Å². The van der Waals surface area contributed by atoms with Crippen LogP contribution in [-0.4, -0.2) is 25.5 Å². The van der Waals surface area contributed by atoms with Gasteiger partial charge in [-0.2, -0.15) is 10.2 Å². The van der Waals surface area contributed by atoms with Crippen LogP contribution in [0.4, 0.5) is 10.2 Å². The molecule has 0 unspecified atom stereocenters. The van der Waals surface area contributed by atoms with Gasteiger partial charge in [0.1, 0.15) is 11.5 Å². The number of benzene rings is 1. The summed E-state index contributed by atoms with van der Waals surface area (Å²) in [6, 6.07) is 8.18. The molecule has 24 heavy (non-hydrogen) atoms. The number of hydrogen-bond acceptors (Lipinski definition) is 3. The van der Waals surface area contributed by atoms with Gasteiger partial charge in [0.05, 0.1) is 16.7 Å². The quantitative estimate of drug-likeness (QED) is 0.742. The molecule has 8 heteroatoms. The molecule has 0 saturated carbocycles. The Bertz CT molecular complexity index is 902. The van der Waals surface area contributed by atoms with Crippen LogP contribution in [-0.2, 0) is 13.6 Å². The fourth-order valence-electron chi connectivity index (χ4n) is 2.37. The summed E-state index contributed by atoms with van der Waals surface area (Å²) in [6.07, 6.45) is 1.69. The van der Waals surface area contributed by atoms with Crippen molar-refractivity contribution in [1.29, 1.82) is 0 Å². The zero-order valence-corrected chi connectivity index (χ0v) is 14.7. The Morgan fingerprint density at radius 2 is 2.04 bits per heavy atom. The Morgan fingerprint density at radius 3 is 2.71 bits per heavy atom. The SMILES string of the molecule is Cc1nn(C)c(C(=O)Nc2ccn(Cc3ccccc3F)n2)c1Br. The average Bonchev–Trinajstić information content (AvgIpc) is 3.06. The molecule has 0 radical (unpaired) electrons. The van der Waals surface area contributed by atoms with Crippen LogP contribution in [0.5, 0.6) is 0 Å². The third-order valence-electron chi connectivity index (χ3n) is 3.54. The zero-order valence-electron chi connectivity index (χ0n) is 13.1. The van der Waals surface area contributed by atoms with E-state index in [1.165, 1.54) is 10.7 Å². The Balaban J connectivity index is 1.74. The van der Waals surface area contributed by atoms with Crippen LogP contribution in [0, 0.1) is 12.7 Å². The molecule has 1 aromatic carbocycles. The molecule has 0 fully saturated rings. The van der Waals surface area contributed by atoms with Crippen molar-refractivity contribution in [3.8, 4) is 0 Å². The predicted octanol–water partition coefficient (Wildman–Crippen LogP) is 3.13. The van der Waals surface area contributed by atoms with E-state index in [0.29, 0.717) is 21.5 Å². The monoisotopic (exact) mass is 391 g/mol. The fourth-order valence-corrected chi connectivity index (χ4v) is 2.89. The van der Waals surface area contributed by atoms with Crippen molar-refractivity contribution in [3.63, 3.8) is 0 Å². The molecule has 6 nitrogen and oxygen atoms in total. The van der Waals surface area contributed by atoms with Crippen molar-refractivity contribution in [2.24, 2.45) is 7.05 Å². The molecule has 1 N–H and O–H groups in total. The number of aromatic nitrogens is 4. The lowest BCUT2D eigenvalue weighted by Crippen LogP contribution is -2.17. The van der Waals surface area contributed by atoms with Crippen LogP contribution in [0.1, 0.15) is 21.7 Å². The van der Waals surface area contributed by atoms with Crippen LogP contribution in [0.25, 0.3) is 0 Å². The summed E-state index contributed by atoms with van der Waals surface area (Å²) in [5.41, 5.74) is 1.67. The highest BCUT2D eigenvalue weighted by molar-refractivity contribution is 9.10. The number of aryl methyl sites for hydroxylation is 2. The van der Waals surface area contributed by atoms with E-state index in [-0.39, 0.29) is 18.3 Å². The smallest absolute Gasteiger partial charge is 0.276 e. The minimum atomic E-state index is -0.318. The van der Waals surface area contributed by atoms with Crippen LogP contribution in [0.3, 0.4) is 0 Å². The Labute approximate surface area is 146 Å². The molecule has 1 amide bonds. The molecule has 2 heterocycles. The van der Waals surface area contributed by atoms with E-state index in [1.807, 2.05) is 6.92 Å². The second-order valence-electron chi connectivity index (χ2n) is 5.32. The van der Waals surface area contributed by atoms with E-state index in [4.69, 9.17) is 0 Å². The summed E-state index contributed by atoms with van der Waals surface area (Å²) in [5.74, 6) is -0.212. The molecule has 0 spiro atoms. The molecular weight excluding hydrogens is 377 g/mol. The van der Waals surface area contributed by atoms with Gasteiger partial charge in [0.15, 0.2) is 5.82 Å². The maximum Gasteiger partial charge on any atom is 0.276 e. The third kappa shape index (κ3) is 3.23. The molecule has 3 rings (SSSR count). The van der Waals surface area contributed by atoms with Gasteiger partial charge in [-0.1, -0.05) is 18.2 Å². The van der Waals surface area contributed by atoms with Gasteiger partial charge < -0.3 is 5.32 Å². The van der Waals surface area contributed by atoms with E-state index in [2.05, 4.69) is 31.4 Å². The topological polar surface area (TPSA) is 64.7 Å². The molecule has 0 saturated heterocycles. The molecule has 0 aliphatic carbocycles. The number of rotatable bonds is 4.